The van der Waals surface area contributed by atoms with Crippen LogP contribution in [0.1, 0.15) is 5.69 Å². The molecule has 0 aliphatic carbocycles. The molecule has 24 heavy (non-hydrogen) atoms. The van der Waals surface area contributed by atoms with Crippen LogP contribution in [0.4, 0.5) is 0 Å². The molecule has 5 heteroatoms. The summed E-state index contributed by atoms with van der Waals surface area (Å²) < 4.78 is 0. The monoisotopic (exact) mass is 309 g/mol. The molecule has 0 bridgehead atoms. The van der Waals surface area contributed by atoms with Crippen molar-refractivity contribution in [1.29, 1.82) is 5.26 Å². The molecule has 0 amide bonds. The fraction of sp³-hybridized carbons (Fsp3) is 0. The van der Waals surface area contributed by atoms with Crippen molar-refractivity contribution in [2.45, 2.75) is 0 Å². The molecule has 5 nitrogen and oxygen atoms in total. The third-order valence-corrected chi connectivity index (χ3v) is 3.71. The lowest BCUT2D eigenvalue weighted by molar-refractivity contribution is 0.966. The van der Waals surface area contributed by atoms with E-state index >= 15 is 0 Å². The Morgan fingerprint density at radius 3 is 2.46 bits per heavy atom. The van der Waals surface area contributed by atoms with Crippen molar-refractivity contribution in [3.05, 3.63) is 72.6 Å². The first-order chi connectivity index (χ1) is 11.8. The number of rotatable bonds is 2. The highest BCUT2D eigenvalue weighted by Gasteiger charge is 2.13. The lowest BCUT2D eigenvalue weighted by Gasteiger charge is -2.05. The Kier molecular flexibility index (Phi) is 3.41. The minimum Gasteiger partial charge on any atom is -0.253 e. The second-order valence-corrected chi connectivity index (χ2v) is 5.22. The molecule has 112 valence electrons. The fourth-order valence-corrected chi connectivity index (χ4v) is 2.54. The van der Waals surface area contributed by atoms with Gasteiger partial charge >= 0.3 is 0 Å². The number of nitrogens with zero attached hydrogens (tertiary/aromatic N) is 5. The average Bonchev–Trinajstić information content (AvgIpc) is 2.68. The van der Waals surface area contributed by atoms with Crippen LogP contribution in [0.25, 0.3) is 33.5 Å². The summed E-state index contributed by atoms with van der Waals surface area (Å²) in [6.45, 7) is 0. The molecule has 0 unspecified atom stereocenters. The van der Waals surface area contributed by atoms with E-state index in [1.807, 2.05) is 54.6 Å². The van der Waals surface area contributed by atoms with Crippen LogP contribution in [0, 0.1) is 11.3 Å². The van der Waals surface area contributed by atoms with Gasteiger partial charge in [0.05, 0.1) is 0 Å². The number of fused-ring (bicyclic) bond motifs is 1. The van der Waals surface area contributed by atoms with Crippen LogP contribution in [0.15, 0.2) is 66.9 Å². The van der Waals surface area contributed by atoms with Crippen LogP contribution in [0.2, 0.25) is 0 Å². The molecule has 0 saturated carbocycles. The normalized spacial score (nSPS) is 10.5. The summed E-state index contributed by atoms with van der Waals surface area (Å²) >= 11 is 0. The van der Waals surface area contributed by atoms with E-state index in [2.05, 4.69) is 26.2 Å². The summed E-state index contributed by atoms with van der Waals surface area (Å²) in [5, 5.41) is 20.0. The molecule has 0 N–H and O–H groups in total. The molecule has 0 radical (unpaired) electrons. The third kappa shape index (κ3) is 2.46. The molecule has 2 aromatic heterocycles. The minimum absolute atomic E-state index is 0.237. The van der Waals surface area contributed by atoms with Crippen molar-refractivity contribution in [3.63, 3.8) is 0 Å². The van der Waals surface area contributed by atoms with Gasteiger partial charge in [-0.2, -0.15) is 5.26 Å². The topological polar surface area (TPSA) is 75.3 Å². The average molecular weight is 309 g/mol. The Morgan fingerprint density at radius 2 is 1.67 bits per heavy atom. The summed E-state index contributed by atoms with van der Waals surface area (Å²) in [5.41, 5.74) is 2.12. The van der Waals surface area contributed by atoms with E-state index in [1.54, 1.807) is 12.3 Å². The van der Waals surface area contributed by atoms with E-state index in [9.17, 15) is 5.26 Å². The van der Waals surface area contributed by atoms with Crippen molar-refractivity contribution in [2.24, 2.45) is 0 Å². The molecule has 0 spiro atoms. The Balaban J connectivity index is 1.84. The maximum absolute atomic E-state index is 9.46. The van der Waals surface area contributed by atoms with E-state index in [0.717, 1.165) is 16.3 Å². The SMILES string of the molecule is N#Cc1nc(-c2ccccn2)nnc1-c1ccc2ccccc2c1. The Labute approximate surface area is 138 Å². The van der Waals surface area contributed by atoms with Gasteiger partial charge in [0, 0.05) is 11.8 Å². The predicted octanol–water partition coefficient (Wildman–Crippen LogP) is 3.63. The Bertz CT molecular complexity index is 1070. The van der Waals surface area contributed by atoms with Gasteiger partial charge in [-0.3, -0.25) is 4.98 Å². The second-order valence-electron chi connectivity index (χ2n) is 5.22. The highest BCUT2D eigenvalue weighted by molar-refractivity contribution is 5.87. The molecule has 0 atom stereocenters. The zero-order chi connectivity index (χ0) is 16.4. The van der Waals surface area contributed by atoms with Crippen LogP contribution in [-0.4, -0.2) is 20.2 Å². The maximum Gasteiger partial charge on any atom is 0.201 e. The van der Waals surface area contributed by atoms with E-state index in [1.165, 1.54) is 0 Å². The Morgan fingerprint density at radius 1 is 0.833 bits per heavy atom. The number of pyridine rings is 1. The molecule has 2 heterocycles. The maximum atomic E-state index is 9.46. The highest BCUT2D eigenvalue weighted by atomic mass is 15.2. The van der Waals surface area contributed by atoms with E-state index in [4.69, 9.17) is 0 Å². The zero-order valence-corrected chi connectivity index (χ0v) is 12.6. The van der Waals surface area contributed by atoms with Crippen molar-refractivity contribution in [1.82, 2.24) is 20.2 Å². The summed E-state index contributed by atoms with van der Waals surface area (Å²) in [5.74, 6) is 0.344. The van der Waals surface area contributed by atoms with E-state index in [-0.39, 0.29) is 5.69 Å². The van der Waals surface area contributed by atoms with Crippen molar-refractivity contribution >= 4 is 10.8 Å². The zero-order valence-electron chi connectivity index (χ0n) is 12.6. The third-order valence-electron chi connectivity index (χ3n) is 3.71. The van der Waals surface area contributed by atoms with Gasteiger partial charge in [-0.15, -0.1) is 10.2 Å². The number of nitriles is 1. The van der Waals surface area contributed by atoms with Gasteiger partial charge in [-0.05, 0) is 29.0 Å². The van der Waals surface area contributed by atoms with E-state index < -0.39 is 0 Å². The first kappa shape index (κ1) is 14.0. The van der Waals surface area contributed by atoms with Crippen molar-refractivity contribution in [2.75, 3.05) is 0 Å². The quantitative estimate of drug-likeness (QED) is 0.565. The highest BCUT2D eigenvalue weighted by Crippen LogP contribution is 2.25. The van der Waals surface area contributed by atoms with Gasteiger partial charge in [0.25, 0.3) is 0 Å². The summed E-state index contributed by atoms with van der Waals surface area (Å²) in [7, 11) is 0. The van der Waals surface area contributed by atoms with Crippen LogP contribution in [0.3, 0.4) is 0 Å². The molecule has 2 aromatic carbocycles. The lowest BCUT2D eigenvalue weighted by Crippen LogP contribution is -2.01. The molecular formula is C19H11N5. The molecule has 0 fully saturated rings. The second kappa shape index (κ2) is 5.86. The smallest absolute Gasteiger partial charge is 0.201 e. The largest absolute Gasteiger partial charge is 0.253 e. The van der Waals surface area contributed by atoms with Gasteiger partial charge in [-0.1, -0.05) is 42.5 Å². The number of hydrogen-bond donors (Lipinski definition) is 0. The molecule has 0 aliphatic rings. The molecular weight excluding hydrogens is 298 g/mol. The van der Waals surface area contributed by atoms with Gasteiger partial charge in [-0.25, -0.2) is 4.98 Å². The van der Waals surface area contributed by atoms with Gasteiger partial charge in [0.15, 0.2) is 5.69 Å². The van der Waals surface area contributed by atoms with Crippen LogP contribution < -0.4 is 0 Å². The fourth-order valence-electron chi connectivity index (χ4n) is 2.54. The Hall–Kier alpha value is -3.65. The number of benzene rings is 2. The van der Waals surface area contributed by atoms with Gasteiger partial charge in [0.1, 0.15) is 17.5 Å². The first-order valence-corrected chi connectivity index (χ1v) is 7.40. The van der Waals surface area contributed by atoms with Crippen LogP contribution in [-0.2, 0) is 0 Å². The lowest BCUT2D eigenvalue weighted by atomic mass is 10.0. The first-order valence-electron chi connectivity index (χ1n) is 7.40. The van der Waals surface area contributed by atoms with Crippen LogP contribution >= 0.6 is 0 Å². The van der Waals surface area contributed by atoms with E-state index in [0.29, 0.717) is 17.2 Å². The molecule has 0 aliphatic heterocycles. The molecule has 4 aromatic rings. The van der Waals surface area contributed by atoms with Crippen molar-refractivity contribution in [3.8, 4) is 28.8 Å². The standard InChI is InChI=1S/C19H11N5/c20-12-17-18(15-9-8-13-5-1-2-6-14(13)11-15)23-24-19(22-17)16-7-3-4-10-21-16/h1-11H. The number of aromatic nitrogens is 4. The summed E-state index contributed by atoms with van der Waals surface area (Å²) in [4.78, 5) is 8.51. The molecule has 4 rings (SSSR count). The number of hydrogen-bond acceptors (Lipinski definition) is 5. The summed E-state index contributed by atoms with van der Waals surface area (Å²) in [6.07, 6.45) is 1.65. The predicted molar refractivity (Wildman–Crippen MR) is 90.7 cm³/mol. The van der Waals surface area contributed by atoms with Gasteiger partial charge < -0.3 is 0 Å². The van der Waals surface area contributed by atoms with Crippen LogP contribution in [0.5, 0.6) is 0 Å². The molecule has 0 saturated heterocycles. The minimum atomic E-state index is 0.237. The van der Waals surface area contributed by atoms with Gasteiger partial charge in [0.2, 0.25) is 5.82 Å². The summed E-state index contributed by atoms with van der Waals surface area (Å²) in [6, 6.07) is 21.5. The van der Waals surface area contributed by atoms with Crippen molar-refractivity contribution < 1.29 is 0 Å².